The van der Waals surface area contributed by atoms with Crippen LogP contribution in [0.4, 0.5) is 0 Å². The fourth-order valence-electron chi connectivity index (χ4n) is 2.79. The van der Waals surface area contributed by atoms with Gasteiger partial charge in [-0.25, -0.2) is 4.98 Å². The molecular weight excluding hydrogens is 294 g/mol. The summed E-state index contributed by atoms with van der Waals surface area (Å²) in [6, 6.07) is 17.2. The van der Waals surface area contributed by atoms with Gasteiger partial charge in [0.1, 0.15) is 5.82 Å². The Morgan fingerprint density at radius 3 is 2.12 bits per heavy atom. The number of aromatic nitrogens is 2. The van der Waals surface area contributed by atoms with Crippen molar-refractivity contribution < 1.29 is 0 Å². The fourth-order valence-corrected chi connectivity index (χ4v) is 2.79. The topological polar surface area (TPSA) is 43.8 Å². The van der Waals surface area contributed by atoms with Gasteiger partial charge < -0.3 is 10.3 Å². The molecule has 0 bridgehead atoms. The molecule has 1 heterocycles. The van der Waals surface area contributed by atoms with Crippen LogP contribution in [0.25, 0.3) is 11.4 Å². The van der Waals surface area contributed by atoms with Gasteiger partial charge in [0.15, 0.2) is 0 Å². The van der Waals surface area contributed by atoms with E-state index in [-0.39, 0.29) is 5.41 Å². The highest BCUT2D eigenvalue weighted by Gasteiger charge is 2.14. The van der Waals surface area contributed by atoms with Crippen LogP contribution in [0.15, 0.2) is 60.9 Å². The van der Waals surface area contributed by atoms with Crippen molar-refractivity contribution >= 4 is 0 Å². The van der Waals surface area contributed by atoms with Crippen molar-refractivity contribution in [1.82, 2.24) is 9.55 Å². The summed E-state index contributed by atoms with van der Waals surface area (Å²) in [4.78, 5) is 4.55. The molecule has 2 aromatic carbocycles. The lowest BCUT2D eigenvalue weighted by Gasteiger charge is -2.19. The molecule has 1 aromatic heterocycles. The minimum atomic E-state index is 0.165. The van der Waals surface area contributed by atoms with Crippen molar-refractivity contribution in [3.05, 3.63) is 77.6 Å². The van der Waals surface area contributed by atoms with Crippen molar-refractivity contribution in [2.45, 2.75) is 39.3 Å². The molecule has 0 spiro atoms. The summed E-state index contributed by atoms with van der Waals surface area (Å²) >= 11 is 0. The van der Waals surface area contributed by atoms with Crippen LogP contribution in [-0.4, -0.2) is 9.55 Å². The molecule has 0 unspecified atom stereocenters. The van der Waals surface area contributed by atoms with Crippen molar-refractivity contribution in [2.24, 2.45) is 5.73 Å². The molecule has 24 heavy (non-hydrogen) atoms. The van der Waals surface area contributed by atoms with Crippen molar-refractivity contribution in [2.75, 3.05) is 0 Å². The molecule has 124 valence electrons. The zero-order valence-corrected chi connectivity index (χ0v) is 14.7. The second kappa shape index (κ2) is 6.62. The predicted octanol–water partition coefficient (Wildman–Crippen LogP) is 4.35. The molecule has 0 atom stereocenters. The number of nitrogens with two attached hydrogens (primary N) is 1. The molecule has 2 N–H and O–H groups in total. The first-order valence-corrected chi connectivity index (χ1v) is 8.37. The van der Waals surface area contributed by atoms with Crippen LogP contribution in [-0.2, 0) is 18.5 Å². The first-order chi connectivity index (χ1) is 11.5. The lowest BCUT2D eigenvalue weighted by molar-refractivity contribution is 0.590. The number of nitrogens with zero attached hydrogens (tertiary/aromatic N) is 2. The maximum atomic E-state index is 5.66. The van der Waals surface area contributed by atoms with E-state index in [0.717, 1.165) is 23.5 Å². The molecule has 3 rings (SSSR count). The maximum Gasteiger partial charge on any atom is 0.140 e. The van der Waals surface area contributed by atoms with Gasteiger partial charge in [-0.1, -0.05) is 69.3 Å². The van der Waals surface area contributed by atoms with Gasteiger partial charge in [-0.2, -0.15) is 0 Å². The van der Waals surface area contributed by atoms with Crippen LogP contribution < -0.4 is 5.73 Å². The molecule has 0 saturated heterocycles. The predicted molar refractivity (Wildman–Crippen MR) is 99.8 cm³/mol. The normalized spacial score (nSPS) is 11.7. The van der Waals surface area contributed by atoms with Gasteiger partial charge in [0.25, 0.3) is 0 Å². The van der Waals surface area contributed by atoms with Gasteiger partial charge in [0.05, 0.1) is 0 Å². The van der Waals surface area contributed by atoms with Crippen LogP contribution in [0.2, 0.25) is 0 Å². The Morgan fingerprint density at radius 1 is 0.917 bits per heavy atom. The second-order valence-corrected chi connectivity index (χ2v) is 7.23. The highest BCUT2D eigenvalue weighted by atomic mass is 15.1. The van der Waals surface area contributed by atoms with Crippen LogP contribution in [0, 0.1) is 0 Å². The van der Waals surface area contributed by atoms with Crippen LogP contribution in [0.5, 0.6) is 0 Å². The van der Waals surface area contributed by atoms with Crippen LogP contribution in [0.3, 0.4) is 0 Å². The molecule has 0 aliphatic rings. The molecule has 0 saturated carbocycles. The Labute approximate surface area is 144 Å². The van der Waals surface area contributed by atoms with Gasteiger partial charge in [0.2, 0.25) is 0 Å². The minimum absolute atomic E-state index is 0.165. The van der Waals surface area contributed by atoms with Crippen LogP contribution >= 0.6 is 0 Å². The number of hydrogen-bond acceptors (Lipinski definition) is 2. The maximum absolute atomic E-state index is 5.66. The Hall–Kier alpha value is -2.39. The van der Waals surface area contributed by atoms with E-state index in [2.05, 4.69) is 78.9 Å². The molecule has 0 radical (unpaired) electrons. The Kier molecular flexibility index (Phi) is 4.54. The van der Waals surface area contributed by atoms with Gasteiger partial charge in [-0.05, 0) is 22.1 Å². The Morgan fingerprint density at radius 2 is 1.54 bits per heavy atom. The summed E-state index contributed by atoms with van der Waals surface area (Å²) in [6.45, 7) is 8.08. The summed E-state index contributed by atoms with van der Waals surface area (Å²) in [5.74, 6) is 0.998. The fraction of sp³-hybridized carbons (Fsp3) is 0.286. The van der Waals surface area contributed by atoms with Crippen LogP contribution in [0.1, 0.15) is 37.5 Å². The molecule has 0 aliphatic heterocycles. The molecule has 0 aliphatic carbocycles. The van der Waals surface area contributed by atoms with E-state index in [1.54, 1.807) is 0 Å². The van der Waals surface area contributed by atoms with E-state index >= 15 is 0 Å². The standard InChI is InChI=1S/C21H25N3/c1-21(2,3)19-10-8-18(9-11-19)20-23-12-13-24(20)15-17-6-4-16(14-22)5-7-17/h4-13H,14-15,22H2,1-3H3. The van der Waals surface area contributed by atoms with Gasteiger partial charge in [-0.15, -0.1) is 0 Å². The third kappa shape index (κ3) is 3.57. The quantitative estimate of drug-likeness (QED) is 0.776. The van der Waals surface area contributed by atoms with Gasteiger partial charge >= 0.3 is 0 Å². The summed E-state index contributed by atoms with van der Waals surface area (Å²) in [6.07, 6.45) is 3.89. The molecule has 3 aromatic rings. The third-order valence-corrected chi connectivity index (χ3v) is 4.34. The number of hydrogen-bond donors (Lipinski definition) is 1. The summed E-state index contributed by atoms with van der Waals surface area (Å²) in [7, 11) is 0. The zero-order valence-electron chi connectivity index (χ0n) is 14.7. The largest absolute Gasteiger partial charge is 0.327 e. The average Bonchev–Trinajstić information content (AvgIpc) is 3.03. The summed E-state index contributed by atoms with van der Waals surface area (Å²) in [5.41, 5.74) is 10.7. The SMILES string of the molecule is CC(C)(C)c1ccc(-c2nccn2Cc2ccc(CN)cc2)cc1. The third-order valence-electron chi connectivity index (χ3n) is 4.34. The van der Waals surface area contributed by atoms with E-state index in [0.29, 0.717) is 6.54 Å². The smallest absolute Gasteiger partial charge is 0.140 e. The second-order valence-electron chi connectivity index (χ2n) is 7.23. The number of imidazole rings is 1. The molecule has 3 nitrogen and oxygen atoms in total. The van der Waals surface area contributed by atoms with E-state index in [4.69, 9.17) is 5.73 Å². The molecule has 3 heteroatoms. The summed E-state index contributed by atoms with van der Waals surface area (Å²) in [5, 5.41) is 0. The molecule has 0 fully saturated rings. The van der Waals surface area contributed by atoms with Gasteiger partial charge in [0, 0.05) is 31.0 Å². The van der Waals surface area contributed by atoms with E-state index in [1.165, 1.54) is 11.1 Å². The highest BCUT2D eigenvalue weighted by Crippen LogP contribution is 2.25. The van der Waals surface area contributed by atoms with Crippen molar-refractivity contribution in [3.63, 3.8) is 0 Å². The lowest BCUT2D eigenvalue weighted by Crippen LogP contribution is -2.10. The average molecular weight is 319 g/mol. The Balaban J connectivity index is 1.84. The van der Waals surface area contributed by atoms with E-state index in [1.807, 2.05) is 12.4 Å². The van der Waals surface area contributed by atoms with Crippen molar-refractivity contribution in [1.29, 1.82) is 0 Å². The first-order valence-electron chi connectivity index (χ1n) is 8.37. The Bertz CT molecular complexity index is 790. The minimum Gasteiger partial charge on any atom is -0.327 e. The van der Waals surface area contributed by atoms with E-state index in [9.17, 15) is 0 Å². The summed E-state index contributed by atoms with van der Waals surface area (Å²) < 4.78 is 2.18. The number of benzene rings is 2. The molecule has 0 amide bonds. The first kappa shape index (κ1) is 16.5. The highest BCUT2D eigenvalue weighted by molar-refractivity contribution is 5.56. The molecular formula is C21H25N3. The number of rotatable bonds is 4. The monoisotopic (exact) mass is 319 g/mol. The van der Waals surface area contributed by atoms with Gasteiger partial charge in [-0.3, -0.25) is 0 Å². The van der Waals surface area contributed by atoms with E-state index < -0.39 is 0 Å². The zero-order chi connectivity index (χ0) is 17.2. The van der Waals surface area contributed by atoms with Crippen molar-refractivity contribution in [3.8, 4) is 11.4 Å². The lowest BCUT2D eigenvalue weighted by atomic mass is 9.87.